The van der Waals surface area contributed by atoms with E-state index < -0.39 is 22.5 Å². The zero-order valence-electron chi connectivity index (χ0n) is 24.7. The SMILES string of the molecule is COC(=O)[C@@]1(C)CCC(C)(C)CCC2C(=O)C[C@@H]3[C@@]4(C)[C@H]5O[C@@]5(C#N)C(=O)[C@@H](C)[C@@H]4CC[C@@]3(C)[C@]2(C)CC1. The largest absolute Gasteiger partial charge is 0.469 e. The van der Waals surface area contributed by atoms with Crippen LogP contribution in [0.1, 0.15) is 106 Å². The monoisotopic (exact) mass is 525 g/mol. The van der Waals surface area contributed by atoms with Gasteiger partial charge in [-0.1, -0.05) is 41.5 Å². The summed E-state index contributed by atoms with van der Waals surface area (Å²) < 4.78 is 11.4. The average Bonchev–Trinajstić information content (AvgIpc) is 3.63. The summed E-state index contributed by atoms with van der Waals surface area (Å²) in [7, 11) is 1.48. The molecule has 1 unspecified atom stereocenters. The molecule has 1 heterocycles. The predicted octanol–water partition coefficient (Wildman–Crippen LogP) is 6.06. The molecule has 0 amide bonds. The molecule has 5 fully saturated rings. The minimum atomic E-state index is -1.34. The maximum atomic E-state index is 14.2. The predicted molar refractivity (Wildman–Crippen MR) is 143 cm³/mol. The number of ketones is 2. The fourth-order valence-electron chi connectivity index (χ4n) is 10.2. The van der Waals surface area contributed by atoms with Crippen LogP contribution in [0.25, 0.3) is 0 Å². The van der Waals surface area contributed by atoms with E-state index in [1.54, 1.807) is 0 Å². The van der Waals surface area contributed by atoms with Crippen LogP contribution in [-0.2, 0) is 23.9 Å². The number of hydrogen-bond acceptors (Lipinski definition) is 6. The fourth-order valence-corrected chi connectivity index (χ4v) is 10.2. The number of hydrogen-bond donors (Lipinski definition) is 0. The van der Waals surface area contributed by atoms with Crippen LogP contribution in [0, 0.1) is 62.1 Å². The molecule has 5 rings (SSSR count). The lowest BCUT2D eigenvalue weighted by atomic mass is 9.35. The van der Waals surface area contributed by atoms with Crippen molar-refractivity contribution in [3.63, 3.8) is 0 Å². The highest BCUT2D eigenvalue weighted by atomic mass is 16.6. The lowest BCUT2D eigenvalue weighted by Gasteiger charge is -2.67. The number of nitriles is 1. The summed E-state index contributed by atoms with van der Waals surface area (Å²) in [5, 5.41) is 10.0. The van der Waals surface area contributed by atoms with Gasteiger partial charge in [0.05, 0.1) is 12.5 Å². The number of carbonyl (C=O) groups is 3. The Morgan fingerprint density at radius 1 is 0.947 bits per heavy atom. The standard InChI is InChI=1S/C32H47NO5/c1-19-20-10-12-30(6)23(31(20,7)25-32(18-33,38-25)24(19)35)17-22(34)21-9-11-27(2,3)13-14-28(4,26(36)37-8)15-16-29(21,30)5/h19-21,23,25H,9-17H2,1-8H3/t19-,20-,21?,23-,25+,28-,29+,30+,31-,32-/m0/s1. The molecule has 38 heavy (non-hydrogen) atoms. The topological polar surface area (TPSA) is 96.8 Å². The Labute approximate surface area is 228 Å². The molecule has 1 aliphatic heterocycles. The highest BCUT2D eigenvalue weighted by molar-refractivity contribution is 5.97. The summed E-state index contributed by atoms with van der Waals surface area (Å²) in [4.78, 5) is 40.6. The molecule has 5 aliphatic rings. The Morgan fingerprint density at radius 2 is 1.61 bits per heavy atom. The van der Waals surface area contributed by atoms with Crippen molar-refractivity contribution in [3.8, 4) is 6.07 Å². The van der Waals surface area contributed by atoms with E-state index in [2.05, 4.69) is 40.7 Å². The maximum absolute atomic E-state index is 14.2. The molecule has 10 atom stereocenters. The van der Waals surface area contributed by atoms with Crippen molar-refractivity contribution in [3.05, 3.63) is 0 Å². The first-order chi connectivity index (χ1) is 17.6. The van der Waals surface area contributed by atoms with Crippen molar-refractivity contribution in [2.75, 3.05) is 7.11 Å². The van der Waals surface area contributed by atoms with Gasteiger partial charge in [-0.2, -0.15) is 5.26 Å². The summed E-state index contributed by atoms with van der Waals surface area (Å²) in [6.45, 7) is 15.5. The van der Waals surface area contributed by atoms with E-state index in [0.29, 0.717) is 18.6 Å². The molecule has 6 heteroatoms. The second kappa shape index (κ2) is 8.38. The Bertz CT molecular complexity index is 1110. The molecule has 0 spiro atoms. The third kappa shape index (κ3) is 3.42. The van der Waals surface area contributed by atoms with Gasteiger partial charge in [0.15, 0.2) is 5.78 Å². The summed E-state index contributed by atoms with van der Waals surface area (Å²) in [6.07, 6.45) is 6.89. The molecule has 6 nitrogen and oxygen atoms in total. The number of esters is 1. The van der Waals surface area contributed by atoms with E-state index >= 15 is 0 Å². The third-order valence-corrected chi connectivity index (χ3v) is 13.2. The molecule has 4 aliphatic carbocycles. The number of nitrogens with zero attached hydrogens (tertiary/aromatic N) is 1. The quantitative estimate of drug-likeness (QED) is 0.305. The second-order valence-corrected chi connectivity index (χ2v) is 15.4. The molecule has 0 bridgehead atoms. The molecular formula is C32H47NO5. The van der Waals surface area contributed by atoms with Crippen LogP contribution in [-0.4, -0.2) is 36.4 Å². The Balaban J connectivity index is 1.60. The van der Waals surface area contributed by atoms with Gasteiger partial charge in [0, 0.05) is 23.7 Å². The summed E-state index contributed by atoms with van der Waals surface area (Å²) in [5.74, 6) is -0.0914. The van der Waals surface area contributed by atoms with Gasteiger partial charge in [0.1, 0.15) is 18.0 Å². The van der Waals surface area contributed by atoms with Crippen molar-refractivity contribution in [1.29, 1.82) is 5.26 Å². The zero-order valence-corrected chi connectivity index (χ0v) is 24.7. The van der Waals surface area contributed by atoms with Crippen molar-refractivity contribution in [2.24, 2.45) is 50.7 Å². The minimum absolute atomic E-state index is 0.0265. The van der Waals surface area contributed by atoms with Crippen LogP contribution in [0.2, 0.25) is 0 Å². The number of Topliss-reactive ketones (excluding diaryl/α,β-unsaturated/α-hetero) is 2. The van der Waals surface area contributed by atoms with Gasteiger partial charge in [-0.05, 0) is 86.4 Å². The lowest BCUT2D eigenvalue weighted by molar-refractivity contribution is -0.200. The molecule has 4 saturated carbocycles. The highest BCUT2D eigenvalue weighted by Gasteiger charge is 2.81. The normalized spacial score (nSPS) is 51.8. The molecule has 0 aromatic heterocycles. The van der Waals surface area contributed by atoms with Crippen molar-refractivity contribution < 1.29 is 23.9 Å². The van der Waals surface area contributed by atoms with Crippen LogP contribution in [0.3, 0.4) is 0 Å². The fraction of sp³-hybridized carbons (Fsp3) is 0.875. The Kier molecular flexibility index (Phi) is 6.14. The van der Waals surface area contributed by atoms with Crippen LogP contribution in [0.5, 0.6) is 0 Å². The molecular weight excluding hydrogens is 478 g/mol. The van der Waals surface area contributed by atoms with E-state index in [0.717, 1.165) is 44.9 Å². The van der Waals surface area contributed by atoms with Crippen LogP contribution >= 0.6 is 0 Å². The van der Waals surface area contributed by atoms with E-state index in [1.165, 1.54) is 7.11 Å². The van der Waals surface area contributed by atoms with Crippen molar-refractivity contribution in [2.45, 2.75) is 118 Å². The number of fused-ring (bicyclic) bond motifs is 7. The van der Waals surface area contributed by atoms with Gasteiger partial charge in [0.2, 0.25) is 5.60 Å². The summed E-state index contributed by atoms with van der Waals surface area (Å²) in [6, 6.07) is 2.24. The van der Waals surface area contributed by atoms with Gasteiger partial charge < -0.3 is 9.47 Å². The zero-order chi connectivity index (χ0) is 28.1. The van der Waals surface area contributed by atoms with Crippen LogP contribution in [0.4, 0.5) is 0 Å². The summed E-state index contributed by atoms with van der Waals surface area (Å²) in [5.41, 5.74) is -2.80. The Morgan fingerprint density at radius 3 is 2.24 bits per heavy atom. The molecule has 1 saturated heterocycles. The minimum Gasteiger partial charge on any atom is -0.469 e. The molecule has 0 aromatic rings. The molecule has 210 valence electrons. The van der Waals surface area contributed by atoms with Gasteiger partial charge in [-0.25, -0.2) is 0 Å². The summed E-state index contributed by atoms with van der Waals surface area (Å²) >= 11 is 0. The van der Waals surface area contributed by atoms with Crippen LogP contribution < -0.4 is 0 Å². The maximum Gasteiger partial charge on any atom is 0.311 e. The van der Waals surface area contributed by atoms with Gasteiger partial charge in [0.25, 0.3) is 0 Å². The van der Waals surface area contributed by atoms with Gasteiger partial charge in [-0.15, -0.1) is 0 Å². The van der Waals surface area contributed by atoms with Gasteiger partial charge >= 0.3 is 5.97 Å². The van der Waals surface area contributed by atoms with Crippen molar-refractivity contribution in [1.82, 2.24) is 0 Å². The molecule has 0 aromatic carbocycles. The first-order valence-electron chi connectivity index (χ1n) is 14.8. The first kappa shape index (κ1) is 27.8. The number of carbonyl (C=O) groups excluding carboxylic acids is 3. The highest BCUT2D eigenvalue weighted by Crippen LogP contribution is 2.75. The number of epoxide rings is 1. The van der Waals surface area contributed by atoms with E-state index in [4.69, 9.17) is 9.47 Å². The van der Waals surface area contributed by atoms with E-state index in [1.807, 2.05) is 13.8 Å². The Hall–Kier alpha value is -1.74. The van der Waals surface area contributed by atoms with Crippen LogP contribution in [0.15, 0.2) is 0 Å². The average molecular weight is 526 g/mol. The molecule has 0 radical (unpaired) electrons. The number of rotatable bonds is 1. The van der Waals surface area contributed by atoms with Gasteiger partial charge in [-0.3, -0.25) is 14.4 Å². The first-order valence-corrected chi connectivity index (χ1v) is 14.8. The van der Waals surface area contributed by atoms with E-state index in [9.17, 15) is 19.6 Å². The third-order valence-electron chi connectivity index (χ3n) is 13.2. The second-order valence-electron chi connectivity index (χ2n) is 15.4. The smallest absolute Gasteiger partial charge is 0.311 e. The molecule has 0 N–H and O–H groups in total. The lowest BCUT2D eigenvalue weighted by Crippen LogP contribution is -2.67. The van der Waals surface area contributed by atoms with E-state index in [-0.39, 0.29) is 51.7 Å². The van der Waals surface area contributed by atoms with Crippen molar-refractivity contribution >= 4 is 17.5 Å². The number of ether oxygens (including phenoxy) is 2. The number of methoxy groups -OCH3 is 1.